The van der Waals surface area contributed by atoms with Crippen LogP contribution in [-0.2, 0) is 0 Å². The molecule has 0 saturated carbocycles. The van der Waals surface area contributed by atoms with Gasteiger partial charge in [-0.1, -0.05) is 6.92 Å². The molecule has 0 aromatic carbocycles. The van der Waals surface area contributed by atoms with Crippen LogP contribution in [0.2, 0.25) is 0 Å². The Morgan fingerprint density at radius 2 is 2.29 bits per heavy atom. The van der Waals surface area contributed by atoms with Crippen LogP contribution in [0.4, 0.5) is 5.82 Å². The summed E-state index contributed by atoms with van der Waals surface area (Å²) < 4.78 is 1.07. The predicted octanol–water partition coefficient (Wildman–Crippen LogP) is 2.90. The Labute approximate surface area is 112 Å². The molecule has 2 heterocycles. The van der Waals surface area contributed by atoms with Gasteiger partial charge in [0.1, 0.15) is 5.82 Å². The number of nitrogens with zero attached hydrogens (tertiary/aromatic N) is 2. The van der Waals surface area contributed by atoms with Crippen molar-refractivity contribution in [2.75, 3.05) is 25.5 Å². The van der Waals surface area contributed by atoms with Gasteiger partial charge in [-0.15, -0.1) is 0 Å². The van der Waals surface area contributed by atoms with Crippen LogP contribution in [0.1, 0.15) is 18.9 Å². The summed E-state index contributed by atoms with van der Waals surface area (Å²) in [6.07, 6.45) is 3.06. The third kappa shape index (κ3) is 3.19. The average molecular weight is 298 g/mol. The van der Waals surface area contributed by atoms with E-state index in [1.165, 1.54) is 12.0 Å². The molecule has 2 rings (SSSR count). The van der Waals surface area contributed by atoms with Gasteiger partial charge in [-0.25, -0.2) is 4.98 Å². The number of hydrogen-bond acceptors (Lipinski definition) is 3. The van der Waals surface area contributed by atoms with Crippen molar-refractivity contribution in [3.63, 3.8) is 0 Å². The largest absolute Gasteiger partial charge is 0.367 e. The first kappa shape index (κ1) is 12.8. The van der Waals surface area contributed by atoms with Gasteiger partial charge < -0.3 is 10.2 Å². The maximum absolute atomic E-state index is 4.42. The van der Waals surface area contributed by atoms with Crippen molar-refractivity contribution in [1.29, 1.82) is 0 Å². The van der Waals surface area contributed by atoms with Gasteiger partial charge >= 0.3 is 0 Å². The van der Waals surface area contributed by atoms with Gasteiger partial charge in [0.2, 0.25) is 0 Å². The van der Waals surface area contributed by atoms with Crippen molar-refractivity contribution in [2.24, 2.45) is 5.92 Å². The van der Waals surface area contributed by atoms with E-state index in [-0.39, 0.29) is 0 Å². The molecule has 1 saturated heterocycles. The zero-order valence-electron chi connectivity index (χ0n) is 10.7. The van der Waals surface area contributed by atoms with E-state index in [0.717, 1.165) is 23.4 Å². The SMILES string of the molecule is Cc1cc(NC2CCN(C)CC2C)ncc1Br. The fourth-order valence-corrected chi connectivity index (χ4v) is 2.59. The van der Waals surface area contributed by atoms with Crippen LogP contribution in [0.3, 0.4) is 0 Å². The first-order valence-corrected chi connectivity index (χ1v) is 6.93. The van der Waals surface area contributed by atoms with Crippen LogP contribution in [-0.4, -0.2) is 36.1 Å². The molecule has 0 radical (unpaired) electrons. The molecule has 0 amide bonds. The Morgan fingerprint density at radius 1 is 1.53 bits per heavy atom. The van der Waals surface area contributed by atoms with E-state index in [1.807, 2.05) is 6.20 Å². The lowest BCUT2D eigenvalue weighted by molar-refractivity contribution is 0.206. The van der Waals surface area contributed by atoms with Gasteiger partial charge in [-0.3, -0.25) is 0 Å². The average Bonchev–Trinajstić information content (AvgIpc) is 2.27. The van der Waals surface area contributed by atoms with Crippen molar-refractivity contribution >= 4 is 21.7 Å². The minimum Gasteiger partial charge on any atom is -0.367 e. The lowest BCUT2D eigenvalue weighted by Gasteiger charge is -2.35. The van der Waals surface area contributed by atoms with E-state index in [4.69, 9.17) is 0 Å². The number of pyridine rings is 1. The lowest BCUT2D eigenvalue weighted by Crippen LogP contribution is -2.43. The summed E-state index contributed by atoms with van der Waals surface area (Å²) in [5.74, 6) is 1.66. The summed E-state index contributed by atoms with van der Waals surface area (Å²) in [5, 5.41) is 3.56. The van der Waals surface area contributed by atoms with Crippen molar-refractivity contribution < 1.29 is 0 Å². The standard InChI is InChI=1S/C13H20BrN3/c1-9-6-13(15-7-11(9)14)16-12-4-5-17(3)8-10(12)2/h6-7,10,12H,4-5,8H2,1-3H3,(H,15,16). The molecule has 0 bridgehead atoms. The third-order valence-electron chi connectivity index (χ3n) is 3.49. The van der Waals surface area contributed by atoms with Gasteiger partial charge in [-0.05, 0) is 60.4 Å². The number of hydrogen-bond donors (Lipinski definition) is 1. The van der Waals surface area contributed by atoms with E-state index < -0.39 is 0 Å². The molecule has 4 heteroatoms. The van der Waals surface area contributed by atoms with Crippen molar-refractivity contribution in [1.82, 2.24) is 9.88 Å². The van der Waals surface area contributed by atoms with Gasteiger partial charge in [0, 0.05) is 23.3 Å². The number of aryl methyl sites for hydroxylation is 1. The molecule has 1 aromatic rings. The molecular formula is C13H20BrN3. The Bertz CT molecular complexity index is 394. The number of anilines is 1. The second kappa shape index (κ2) is 5.36. The predicted molar refractivity (Wildman–Crippen MR) is 75.4 cm³/mol. The molecule has 2 atom stereocenters. The molecule has 3 nitrogen and oxygen atoms in total. The highest BCUT2D eigenvalue weighted by Crippen LogP contribution is 2.22. The van der Waals surface area contributed by atoms with Crippen molar-refractivity contribution in [2.45, 2.75) is 26.3 Å². The Hall–Kier alpha value is -0.610. The topological polar surface area (TPSA) is 28.2 Å². The highest BCUT2D eigenvalue weighted by Gasteiger charge is 2.24. The summed E-state index contributed by atoms with van der Waals surface area (Å²) in [6.45, 7) is 6.72. The molecule has 0 spiro atoms. The zero-order valence-corrected chi connectivity index (χ0v) is 12.3. The molecule has 1 aliphatic heterocycles. The normalized spacial score (nSPS) is 25.9. The van der Waals surface area contributed by atoms with Crippen LogP contribution in [0, 0.1) is 12.8 Å². The summed E-state index contributed by atoms with van der Waals surface area (Å²) in [6, 6.07) is 2.65. The molecule has 17 heavy (non-hydrogen) atoms. The summed E-state index contributed by atoms with van der Waals surface area (Å²) in [5.41, 5.74) is 1.23. The minimum atomic E-state index is 0.541. The van der Waals surface area contributed by atoms with Crippen LogP contribution in [0.15, 0.2) is 16.7 Å². The molecule has 2 unspecified atom stereocenters. The first-order valence-electron chi connectivity index (χ1n) is 6.13. The second-order valence-corrected chi connectivity index (χ2v) is 5.95. The number of rotatable bonds is 2. The van der Waals surface area contributed by atoms with Gasteiger partial charge in [0.25, 0.3) is 0 Å². The maximum atomic E-state index is 4.42. The van der Waals surface area contributed by atoms with Crippen LogP contribution < -0.4 is 5.32 Å². The van der Waals surface area contributed by atoms with Gasteiger partial charge in [0.05, 0.1) is 0 Å². The van der Waals surface area contributed by atoms with E-state index in [9.17, 15) is 0 Å². The van der Waals surface area contributed by atoms with Crippen molar-refractivity contribution in [3.05, 3.63) is 22.3 Å². The van der Waals surface area contributed by atoms with E-state index in [0.29, 0.717) is 12.0 Å². The van der Waals surface area contributed by atoms with Crippen LogP contribution in [0.25, 0.3) is 0 Å². The quantitative estimate of drug-likeness (QED) is 0.910. The van der Waals surface area contributed by atoms with Crippen LogP contribution in [0.5, 0.6) is 0 Å². The van der Waals surface area contributed by atoms with E-state index in [2.05, 4.69) is 58.1 Å². The zero-order chi connectivity index (χ0) is 12.4. The minimum absolute atomic E-state index is 0.541. The summed E-state index contributed by atoms with van der Waals surface area (Å²) in [4.78, 5) is 6.81. The second-order valence-electron chi connectivity index (χ2n) is 5.10. The Balaban J connectivity index is 2.02. The molecule has 94 valence electrons. The highest BCUT2D eigenvalue weighted by molar-refractivity contribution is 9.10. The van der Waals surface area contributed by atoms with E-state index >= 15 is 0 Å². The van der Waals surface area contributed by atoms with Crippen LogP contribution >= 0.6 is 15.9 Å². The fraction of sp³-hybridized carbons (Fsp3) is 0.615. The number of halogens is 1. The highest BCUT2D eigenvalue weighted by atomic mass is 79.9. The Morgan fingerprint density at radius 3 is 2.94 bits per heavy atom. The number of nitrogens with one attached hydrogen (secondary N) is 1. The number of likely N-dealkylation sites (tertiary alicyclic amines) is 1. The monoisotopic (exact) mass is 297 g/mol. The smallest absolute Gasteiger partial charge is 0.126 e. The lowest BCUT2D eigenvalue weighted by atomic mass is 9.94. The summed E-state index contributed by atoms with van der Waals surface area (Å²) >= 11 is 3.48. The molecular weight excluding hydrogens is 278 g/mol. The van der Waals surface area contributed by atoms with Crippen molar-refractivity contribution in [3.8, 4) is 0 Å². The molecule has 0 aliphatic carbocycles. The first-order chi connectivity index (χ1) is 8.06. The molecule has 1 N–H and O–H groups in total. The molecule has 1 aliphatic rings. The number of aromatic nitrogens is 1. The summed E-state index contributed by atoms with van der Waals surface area (Å²) in [7, 11) is 2.19. The number of piperidine rings is 1. The Kier molecular flexibility index (Phi) is 4.05. The maximum Gasteiger partial charge on any atom is 0.126 e. The van der Waals surface area contributed by atoms with Gasteiger partial charge in [0.15, 0.2) is 0 Å². The molecule has 1 fully saturated rings. The van der Waals surface area contributed by atoms with Gasteiger partial charge in [-0.2, -0.15) is 0 Å². The fourth-order valence-electron chi connectivity index (χ4n) is 2.38. The molecule has 1 aromatic heterocycles. The van der Waals surface area contributed by atoms with E-state index in [1.54, 1.807) is 0 Å². The third-order valence-corrected chi connectivity index (χ3v) is 4.32.